The van der Waals surface area contributed by atoms with Crippen LogP contribution in [0.4, 0.5) is 20.2 Å². The predicted octanol–water partition coefficient (Wildman–Crippen LogP) is 5.45. The normalized spacial score (nSPS) is 10.6. The number of hydrogen-bond acceptors (Lipinski definition) is 5. The van der Waals surface area contributed by atoms with Crippen LogP contribution in [0.5, 0.6) is 5.75 Å². The number of amides is 2. The van der Waals surface area contributed by atoms with Crippen molar-refractivity contribution >= 4 is 23.2 Å². The second-order valence-electron chi connectivity index (χ2n) is 7.52. The van der Waals surface area contributed by atoms with Crippen molar-refractivity contribution in [1.82, 2.24) is 4.98 Å². The van der Waals surface area contributed by atoms with E-state index in [0.717, 1.165) is 12.1 Å². The summed E-state index contributed by atoms with van der Waals surface area (Å²) in [6.07, 6.45) is 1.41. The van der Waals surface area contributed by atoms with Crippen LogP contribution in [0.15, 0.2) is 77.3 Å². The Bertz CT molecular complexity index is 1320. The number of carbonyl (C=O) groups is 2. The molecule has 0 saturated heterocycles. The number of oxazole rings is 1. The van der Waals surface area contributed by atoms with E-state index >= 15 is 0 Å². The van der Waals surface area contributed by atoms with Gasteiger partial charge in [-0.1, -0.05) is 6.07 Å². The third-order valence-corrected chi connectivity index (χ3v) is 5.11. The van der Waals surface area contributed by atoms with E-state index in [-0.39, 0.29) is 41.9 Å². The van der Waals surface area contributed by atoms with E-state index in [1.807, 2.05) is 0 Å². The minimum atomic E-state index is -0.758. The molecule has 0 aliphatic heterocycles. The summed E-state index contributed by atoms with van der Waals surface area (Å²) >= 11 is 0. The zero-order valence-corrected chi connectivity index (χ0v) is 18.7. The van der Waals surface area contributed by atoms with E-state index in [1.165, 1.54) is 12.3 Å². The molecule has 0 atom stereocenters. The van der Waals surface area contributed by atoms with Gasteiger partial charge in [0.1, 0.15) is 17.4 Å². The molecular formula is C26H21F2N3O4. The van der Waals surface area contributed by atoms with Crippen LogP contribution in [0, 0.1) is 11.6 Å². The van der Waals surface area contributed by atoms with E-state index in [1.54, 1.807) is 55.6 Å². The number of hydrogen-bond donors (Lipinski definition) is 2. The second-order valence-corrected chi connectivity index (χ2v) is 7.52. The van der Waals surface area contributed by atoms with Gasteiger partial charge >= 0.3 is 0 Å². The molecule has 2 N–H and O–H groups in total. The van der Waals surface area contributed by atoms with Crippen LogP contribution >= 0.6 is 0 Å². The molecule has 35 heavy (non-hydrogen) atoms. The largest absolute Gasteiger partial charge is 0.497 e. The van der Waals surface area contributed by atoms with Gasteiger partial charge in [0, 0.05) is 29.8 Å². The Morgan fingerprint density at radius 1 is 0.914 bits per heavy atom. The molecule has 0 radical (unpaired) electrons. The molecule has 9 heteroatoms. The van der Waals surface area contributed by atoms with Crippen molar-refractivity contribution in [3.8, 4) is 17.1 Å². The Labute approximate surface area is 199 Å². The number of benzene rings is 3. The lowest BCUT2D eigenvalue weighted by molar-refractivity contribution is -0.116. The van der Waals surface area contributed by atoms with Gasteiger partial charge in [0.05, 0.1) is 18.9 Å². The number of halogens is 2. The number of aryl methyl sites for hydroxylation is 1. The number of ether oxygens (including phenoxy) is 1. The average Bonchev–Trinajstić information content (AvgIpc) is 3.32. The van der Waals surface area contributed by atoms with Crippen LogP contribution in [-0.2, 0) is 11.2 Å². The molecule has 0 unspecified atom stereocenters. The van der Waals surface area contributed by atoms with E-state index in [0.29, 0.717) is 22.7 Å². The first-order valence-electron chi connectivity index (χ1n) is 10.7. The lowest BCUT2D eigenvalue weighted by atomic mass is 10.1. The van der Waals surface area contributed by atoms with E-state index < -0.39 is 11.6 Å². The van der Waals surface area contributed by atoms with E-state index in [2.05, 4.69) is 15.6 Å². The number of carbonyl (C=O) groups excluding carboxylic acids is 2. The highest BCUT2D eigenvalue weighted by molar-refractivity contribution is 6.04. The van der Waals surface area contributed by atoms with Gasteiger partial charge in [-0.25, -0.2) is 13.8 Å². The SMILES string of the molecule is COc1ccc(NC(=O)c2ccc(NC(=O)CCc3ncc(-c4c(F)cccc4F)o3)cc2)cc1. The molecule has 0 bridgehead atoms. The standard InChI is InChI=1S/C26H21F2N3O4/c1-34-19-11-9-18(10-12-19)31-26(33)16-5-7-17(8-6-16)30-23(32)13-14-24-29-15-22(35-24)25-20(27)3-2-4-21(25)28/h2-12,15H,13-14H2,1H3,(H,30,32)(H,31,33). The average molecular weight is 477 g/mol. The van der Waals surface area contributed by atoms with Gasteiger partial charge in [-0.05, 0) is 60.7 Å². The molecule has 2 amide bonds. The molecule has 0 spiro atoms. The fraction of sp³-hybridized carbons (Fsp3) is 0.115. The van der Waals surface area contributed by atoms with Crippen molar-refractivity contribution in [2.45, 2.75) is 12.8 Å². The Kier molecular flexibility index (Phi) is 7.15. The highest BCUT2D eigenvalue weighted by Crippen LogP contribution is 2.27. The molecular weight excluding hydrogens is 456 g/mol. The topological polar surface area (TPSA) is 93.5 Å². The maximum absolute atomic E-state index is 13.9. The Balaban J connectivity index is 1.29. The van der Waals surface area contributed by atoms with Crippen LogP contribution in [0.2, 0.25) is 0 Å². The Hall–Kier alpha value is -4.53. The van der Waals surface area contributed by atoms with Crippen LogP contribution in [-0.4, -0.2) is 23.9 Å². The summed E-state index contributed by atoms with van der Waals surface area (Å²) in [6.45, 7) is 0. The quantitative estimate of drug-likeness (QED) is 0.352. The van der Waals surface area contributed by atoms with Gasteiger partial charge in [-0.3, -0.25) is 9.59 Å². The number of nitrogens with one attached hydrogen (secondary N) is 2. The molecule has 7 nitrogen and oxygen atoms in total. The van der Waals surface area contributed by atoms with Crippen LogP contribution in [0.3, 0.4) is 0 Å². The summed E-state index contributed by atoms with van der Waals surface area (Å²) in [4.78, 5) is 28.7. The number of rotatable bonds is 8. The Morgan fingerprint density at radius 2 is 1.54 bits per heavy atom. The Morgan fingerprint density at radius 3 is 2.20 bits per heavy atom. The van der Waals surface area contributed by atoms with Gasteiger partial charge in [0.2, 0.25) is 5.91 Å². The van der Waals surface area contributed by atoms with E-state index in [9.17, 15) is 18.4 Å². The molecule has 0 aliphatic rings. The van der Waals surface area contributed by atoms with Crippen molar-refractivity contribution in [2.24, 2.45) is 0 Å². The van der Waals surface area contributed by atoms with Crippen molar-refractivity contribution in [1.29, 1.82) is 0 Å². The molecule has 0 aliphatic carbocycles. The maximum atomic E-state index is 13.9. The predicted molar refractivity (Wildman–Crippen MR) is 126 cm³/mol. The number of aromatic nitrogens is 1. The minimum Gasteiger partial charge on any atom is -0.497 e. The highest BCUT2D eigenvalue weighted by atomic mass is 19.1. The summed E-state index contributed by atoms with van der Waals surface area (Å²) in [5.74, 6) is -1.29. The minimum absolute atomic E-state index is 0.0411. The van der Waals surface area contributed by atoms with Crippen LogP contribution in [0.1, 0.15) is 22.7 Å². The summed E-state index contributed by atoms with van der Waals surface area (Å²) in [6, 6.07) is 16.9. The fourth-order valence-electron chi connectivity index (χ4n) is 3.30. The molecule has 0 fully saturated rings. The summed E-state index contributed by atoms with van der Waals surface area (Å²) in [7, 11) is 1.56. The van der Waals surface area contributed by atoms with Crippen LogP contribution in [0.25, 0.3) is 11.3 Å². The maximum Gasteiger partial charge on any atom is 0.255 e. The lowest BCUT2D eigenvalue weighted by Gasteiger charge is -2.08. The van der Waals surface area contributed by atoms with Gasteiger partial charge in [0.15, 0.2) is 11.7 Å². The van der Waals surface area contributed by atoms with Crippen molar-refractivity contribution in [3.63, 3.8) is 0 Å². The molecule has 178 valence electrons. The van der Waals surface area contributed by atoms with Crippen molar-refractivity contribution in [3.05, 3.63) is 96.0 Å². The van der Waals surface area contributed by atoms with Gasteiger partial charge in [-0.2, -0.15) is 0 Å². The van der Waals surface area contributed by atoms with Gasteiger partial charge in [0.25, 0.3) is 5.91 Å². The molecule has 4 aromatic rings. The summed E-state index contributed by atoms with van der Waals surface area (Å²) < 4.78 is 38.3. The fourth-order valence-corrected chi connectivity index (χ4v) is 3.30. The zero-order valence-electron chi connectivity index (χ0n) is 18.7. The van der Waals surface area contributed by atoms with Crippen molar-refractivity contribution < 1.29 is 27.5 Å². The summed E-state index contributed by atoms with van der Waals surface area (Å²) in [5, 5.41) is 5.51. The first kappa shape index (κ1) is 23.6. The number of methoxy groups -OCH3 is 1. The zero-order chi connectivity index (χ0) is 24.8. The first-order chi connectivity index (χ1) is 16.9. The third kappa shape index (κ3) is 5.89. The molecule has 0 saturated carbocycles. The monoisotopic (exact) mass is 477 g/mol. The second kappa shape index (κ2) is 10.6. The molecule has 3 aromatic carbocycles. The van der Waals surface area contributed by atoms with Crippen LogP contribution < -0.4 is 15.4 Å². The highest BCUT2D eigenvalue weighted by Gasteiger charge is 2.16. The summed E-state index contributed by atoms with van der Waals surface area (Å²) in [5.41, 5.74) is 1.26. The number of anilines is 2. The third-order valence-electron chi connectivity index (χ3n) is 5.11. The smallest absolute Gasteiger partial charge is 0.255 e. The first-order valence-corrected chi connectivity index (χ1v) is 10.7. The van der Waals surface area contributed by atoms with Gasteiger partial charge in [-0.15, -0.1) is 0 Å². The molecule has 1 aromatic heterocycles. The van der Waals surface area contributed by atoms with Gasteiger partial charge < -0.3 is 19.8 Å². The molecule has 4 rings (SSSR count). The molecule has 1 heterocycles. The lowest BCUT2D eigenvalue weighted by Crippen LogP contribution is -2.14. The van der Waals surface area contributed by atoms with E-state index in [4.69, 9.17) is 9.15 Å². The number of nitrogens with zero attached hydrogens (tertiary/aromatic N) is 1. The van der Waals surface area contributed by atoms with Crippen molar-refractivity contribution in [2.75, 3.05) is 17.7 Å².